The number of benzene rings is 1. The lowest BCUT2D eigenvalue weighted by Gasteiger charge is -2.29. The van der Waals surface area contributed by atoms with E-state index in [0.717, 1.165) is 50.1 Å². The summed E-state index contributed by atoms with van der Waals surface area (Å²) in [6.45, 7) is 7.10. The Hall–Kier alpha value is -3.34. The summed E-state index contributed by atoms with van der Waals surface area (Å²) in [5.74, 6) is 0.882. The summed E-state index contributed by atoms with van der Waals surface area (Å²) in [5.41, 5.74) is 10.8. The molecule has 0 radical (unpaired) electrons. The van der Waals surface area contributed by atoms with Gasteiger partial charge in [0.05, 0.1) is 24.9 Å². The minimum absolute atomic E-state index is 0.0342. The fraction of sp³-hybridized carbons (Fsp3) is 0.500. The lowest BCUT2D eigenvalue weighted by Crippen LogP contribution is -2.40. The molecule has 0 atom stereocenters. The summed E-state index contributed by atoms with van der Waals surface area (Å²) in [6, 6.07) is 9.08. The minimum Gasteiger partial charge on any atom is -0.395 e. The third-order valence-corrected chi connectivity index (χ3v) is 7.44. The lowest BCUT2D eigenvalue weighted by atomic mass is 10.0. The van der Waals surface area contributed by atoms with Gasteiger partial charge in [-0.2, -0.15) is 10.1 Å². The van der Waals surface area contributed by atoms with Crippen LogP contribution in [0.15, 0.2) is 36.7 Å². The second-order valence-electron chi connectivity index (χ2n) is 10.3. The van der Waals surface area contributed by atoms with E-state index in [1.807, 2.05) is 28.0 Å². The number of aromatic nitrogens is 5. The van der Waals surface area contributed by atoms with Crippen LogP contribution in [0.2, 0.25) is 0 Å². The van der Waals surface area contributed by atoms with Crippen molar-refractivity contribution in [1.29, 1.82) is 0 Å². The maximum absolute atomic E-state index is 9.63. The number of nitrogen functional groups attached to an aromatic ring is 1. The Morgan fingerprint density at radius 3 is 2.71 bits per heavy atom. The number of piperidine rings is 1. The highest BCUT2D eigenvalue weighted by Crippen LogP contribution is 2.26. The van der Waals surface area contributed by atoms with Crippen molar-refractivity contribution < 1.29 is 5.11 Å². The van der Waals surface area contributed by atoms with Crippen molar-refractivity contribution in [2.45, 2.75) is 51.7 Å². The van der Waals surface area contributed by atoms with Gasteiger partial charge in [-0.05, 0) is 56.6 Å². The van der Waals surface area contributed by atoms with Gasteiger partial charge >= 0.3 is 0 Å². The number of pyridine rings is 1. The predicted molar refractivity (Wildman–Crippen MR) is 152 cm³/mol. The maximum Gasteiger partial charge on any atom is 0.222 e. The third-order valence-electron chi connectivity index (χ3n) is 7.44. The summed E-state index contributed by atoms with van der Waals surface area (Å²) in [5, 5.41) is 19.4. The van der Waals surface area contributed by atoms with Gasteiger partial charge in [0.25, 0.3) is 0 Å². The molecule has 3 aromatic heterocycles. The molecule has 1 saturated heterocycles. The zero-order valence-corrected chi connectivity index (χ0v) is 22.5. The highest BCUT2D eigenvalue weighted by Gasteiger charge is 2.19. The predicted octanol–water partition coefficient (Wildman–Crippen LogP) is 2.79. The Bertz CT molecular complexity index is 1360. The maximum atomic E-state index is 9.63. The molecule has 1 aliphatic rings. The number of fused-ring (bicyclic) bond motifs is 2. The van der Waals surface area contributed by atoms with Crippen molar-refractivity contribution in [3.05, 3.63) is 47.8 Å². The third kappa shape index (κ3) is 5.87. The molecule has 0 spiro atoms. The zero-order chi connectivity index (χ0) is 26.5. The number of hydrogen-bond acceptors (Lipinski definition) is 9. The van der Waals surface area contributed by atoms with Crippen LogP contribution >= 0.6 is 0 Å². The van der Waals surface area contributed by atoms with Gasteiger partial charge in [0.1, 0.15) is 5.52 Å². The standard InChI is InChI=1S/C28H39N9O/c1-3-4-12-36(15-16-38)27-26-24(32-28(29)33-27)19-37(34-26)18-21-8-7-20(23-6-5-11-30-25(21)23)17-31-22-9-13-35(2)14-10-22/h5-8,11,19,22,31,38H,3-4,9-10,12-18H2,1-2H3,(H2,29,32). The van der Waals surface area contributed by atoms with Gasteiger partial charge in [-0.25, -0.2) is 4.98 Å². The Labute approximate surface area is 223 Å². The lowest BCUT2D eigenvalue weighted by molar-refractivity contribution is 0.234. The Morgan fingerprint density at radius 2 is 1.92 bits per heavy atom. The molecule has 10 nitrogen and oxygen atoms in total. The van der Waals surface area contributed by atoms with Crippen LogP contribution in [-0.2, 0) is 13.1 Å². The second kappa shape index (κ2) is 12.0. The van der Waals surface area contributed by atoms with Crippen LogP contribution in [0, 0.1) is 0 Å². The number of likely N-dealkylation sites (tertiary alicyclic amines) is 1. The highest BCUT2D eigenvalue weighted by molar-refractivity contribution is 5.87. The van der Waals surface area contributed by atoms with Crippen LogP contribution in [0.4, 0.5) is 11.8 Å². The van der Waals surface area contributed by atoms with Crippen molar-refractivity contribution in [2.24, 2.45) is 0 Å². The molecule has 4 heterocycles. The number of rotatable bonds is 11. The Kier molecular flexibility index (Phi) is 8.31. The number of nitrogens with zero attached hydrogens (tertiary/aromatic N) is 7. The van der Waals surface area contributed by atoms with Crippen LogP contribution in [0.3, 0.4) is 0 Å². The van der Waals surface area contributed by atoms with E-state index in [0.29, 0.717) is 36.0 Å². The number of nitrogens with two attached hydrogens (primary N) is 1. The van der Waals surface area contributed by atoms with Crippen LogP contribution in [0.1, 0.15) is 43.7 Å². The smallest absolute Gasteiger partial charge is 0.222 e. The van der Waals surface area contributed by atoms with Gasteiger partial charge < -0.3 is 26.0 Å². The largest absolute Gasteiger partial charge is 0.395 e. The number of nitrogens with one attached hydrogen (secondary N) is 1. The van der Waals surface area contributed by atoms with Gasteiger partial charge in [-0.1, -0.05) is 31.5 Å². The summed E-state index contributed by atoms with van der Waals surface area (Å²) >= 11 is 0. The molecule has 0 aliphatic carbocycles. The average Bonchev–Trinajstić information content (AvgIpc) is 3.33. The fourth-order valence-electron chi connectivity index (χ4n) is 5.27. The molecule has 4 N–H and O–H groups in total. The molecule has 1 aliphatic heterocycles. The van der Waals surface area contributed by atoms with E-state index >= 15 is 0 Å². The Balaban J connectivity index is 1.41. The number of hydrogen-bond donors (Lipinski definition) is 3. The van der Waals surface area contributed by atoms with Gasteiger partial charge in [0.2, 0.25) is 5.95 Å². The van der Waals surface area contributed by atoms with E-state index < -0.39 is 0 Å². The zero-order valence-electron chi connectivity index (χ0n) is 22.5. The van der Waals surface area contributed by atoms with Crippen molar-refractivity contribution in [3.8, 4) is 0 Å². The molecule has 0 saturated carbocycles. The first-order valence-electron chi connectivity index (χ1n) is 13.7. The monoisotopic (exact) mass is 517 g/mol. The van der Waals surface area contributed by atoms with Gasteiger partial charge in [-0.3, -0.25) is 9.67 Å². The second-order valence-corrected chi connectivity index (χ2v) is 10.3. The molecular formula is C28H39N9O. The van der Waals surface area contributed by atoms with E-state index in [4.69, 9.17) is 15.8 Å². The molecule has 1 fully saturated rings. The topological polar surface area (TPSA) is 121 Å². The van der Waals surface area contributed by atoms with Crippen LogP contribution in [-0.4, -0.2) is 80.6 Å². The van der Waals surface area contributed by atoms with Gasteiger partial charge in [0, 0.05) is 37.3 Å². The molecule has 0 bridgehead atoms. The van der Waals surface area contributed by atoms with Crippen LogP contribution < -0.4 is 16.0 Å². The van der Waals surface area contributed by atoms with E-state index in [1.54, 1.807) is 0 Å². The van der Waals surface area contributed by atoms with Gasteiger partial charge in [0.15, 0.2) is 11.3 Å². The average molecular weight is 518 g/mol. The number of unbranched alkanes of at least 4 members (excludes halogenated alkanes) is 1. The fourth-order valence-corrected chi connectivity index (χ4v) is 5.27. The molecule has 4 aromatic rings. The van der Waals surface area contributed by atoms with Crippen LogP contribution in [0.25, 0.3) is 21.9 Å². The molecule has 5 rings (SSSR count). The molecule has 1 aromatic carbocycles. The Morgan fingerprint density at radius 1 is 1.11 bits per heavy atom. The van der Waals surface area contributed by atoms with Gasteiger partial charge in [-0.15, -0.1) is 0 Å². The van der Waals surface area contributed by atoms with E-state index in [2.05, 4.69) is 52.4 Å². The number of anilines is 2. The quantitative estimate of drug-likeness (QED) is 0.276. The first kappa shape index (κ1) is 26.3. The normalized spacial score (nSPS) is 15.0. The van der Waals surface area contributed by atoms with Crippen molar-refractivity contribution in [3.63, 3.8) is 0 Å². The van der Waals surface area contributed by atoms with E-state index in [1.165, 1.54) is 23.8 Å². The van der Waals surface area contributed by atoms with Crippen molar-refractivity contribution >= 4 is 33.7 Å². The summed E-state index contributed by atoms with van der Waals surface area (Å²) in [7, 11) is 2.19. The molecular weight excluding hydrogens is 478 g/mol. The summed E-state index contributed by atoms with van der Waals surface area (Å²) < 4.78 is 1.89. The molecule has 10 heteroatoms. The minimum atomic E-state index is 0.0342. The molecule has 202 valence electrons. The van der Waals surface area contributed by atoms with E-state index in [-0.39, 0.29) is 12.6 Å². The first-order valence-corrected chi connectivity index (χ1v) is 13.7. The van der Waals surface area contributed by atoms with E-state index in [9.17, 15) is 5.11 Å². The molecule has 0 amide bonds. The molecule has 0 unspecified atom stereocenters. The number of aliphatic hydroxyl groups excluding tert-OH is 1. The summed E-state index contributed by atoms with van der Waals surface area (Å²) in [4.78, 5) is 18.1. The highest BCUT2D eigenvalue weighted by atomic mass is 16.3. The molecule has 38 heavy (non-hydrogen) atoms. The summed E-state index contributed by atoms with van der Waals surface area (Å²) in [6.07, 6.45) is 8.16. The van der Waals surface area contributed by atoms with Crippen molar-refractivity contribution in [2.75, 3.05) is 50.5 Å². The SMILES string of the molecule is CCCCN(CCO)c1nc(N)nc2cn(Cc3ccc(CNC4CCN(C)CC4)c4cccnc34)nc12. The number of aliphatic hydroxyl groups is 1. The van der Waals surface area contributed by atoms with Crippen LogP contribution in [0.5, 0.6) is 0 Å². The van der Waals surface area contributed by atoms with Crippen molar-refractivity contribution in [1.82, 2.24) is 34.9 Å². The first-order chi connectivity index (χ1) is 18.6.